The molecule has 2 fully saturated rings. The molecule has 1 aromatic carbocycles. The summed E-state index contributed by atoms with van der Waals surface area (Å²) in [4.78, 5) is 14.0. The van der Waals surface area contributed by atoms with Crippen molar-refractivity contribution in [3.63, 3.8) is 0 Å². The zero-order valence-corrected chi connectivity index (χ0v) is 15.1. The highest BCUT2D eigenvalue weighted by Crippen LogP contribution is 2.30. The number of carbonyl (C=O) groups is 1. The normalized spacial score (nSPS) is 22.8. The third-order valence-electron chi connectivity index (χ3n) is 3.95. The van der Waals surface area contributed by atoms with Crippen LogP contribution < -0.4 is 0 Å². The smallest absolute Gasteiger partial charge is 0.244 e. The molecule has 0 aliphatic carbocycles. The van der Waals surface area contributed by atoms with Gasteiger partial charge in [-0.3, -0.25) is 4.79 Å². The maximum Gasteiger partial charge on any atom is 0.244 e. The fraction of sp³-hybridized carbons (Fsp3) is 0.500. The molecule has 2 aliphatic heterocycles. The van der Waals surface area contributed by atoms with Gasteiger partial charge >= 0.3 is 0 Å². The molecule has 10 heteroatoms. The van der Waals surface area contributed by atoms with Gasteiger partial charge in [0.25, 0.3) is 0 Å². The van der Waals surface area contributed by atoms with E-state index in [1.165, 1.54) is 11.8 Å². The first-order valence-corrected chi connectivity index (χ1v) is 11.1. The van der Waals surface area contributed by atoms with Gasteiger partial charge in [-0.05, 0) is 18.2 Å². The van der Waals surface area contributed by atoms with E-state index in [4.69, 9.17) is 0 Å². The Morgan fingerprint density at radius 1 is 1.12 bits per heavy atom. The first kappa shape index (κ1) is 18.0. The minimum Gasteiger partial charge on any atom is -0.340 e. The number of hydrogen-bond donors (Lipinski definition) is 0. The summed E-state index contributed by atoms with van der Waals surface area (Å²) >= 11 is 3.09. The number of amides is 1. The number of sulfonamides is 1. The van der Waals surface area contributed by atoms with Crippen LogP contribution in [0, 0.1) is 11.6 Å². The molecule has 132 valence electrons. The fourth-order valence-corrected chi connectivity index (χ4v) is 6.68. The second-order valence-corrected chi connectivity index (χ2v) is 9.54. The number of carbonyl (C=O) groups excluding carboxylic acids is 1. The topological polar surface area (TPSA) is 57.7 Å². The van der Waals surface area contributed by atoms with Gasteiger partial charge < -0.3 is 4.90 Å². The summed E-state index contributed by atoms with van der Waals surface area (Å²) in [5.74, 6) is -0.386. The zero-order valence-electron chi connectivity index (χ0n) is 12.7. The number of benzene rings is 1. The third kappa shape index (κ3) is 3.42. The lowest BCUT2D eigenvalue weighted by molar-refractivity contribution is -0.133. The van der Waals surface area contributed by atoms with Crippen LogP contribution in [-0.2, 0) is 14.8 Å². The third-order valence-corrected chi connectivity index (χ3v) is 7.92. The molecule has 1 atom stereocenters. The molecule has 1 aromatic rings. The summed E-state index contributed by atoms with van der Waals surface area (Å²) in [6.07, 6.45) is 0. The largest absolute Gasteiger partial charge is 0.340 e. The lowest BCUT2D eigenvalue weighted by atomic mass is 10.3. The molecule has 2 heterocycles. The van der Waals surface area contributed by atoms with E-state index in [2.05, 4.69) is 0 Å². The van der Waals surface area contributed by atoms with E-state index in [-0.39, 0.29) is 16.7 Å². The molecule has 5 nitrogen and oxygen atoms in total. The Balaban J connectivity index is 1.85. The Labute approximate surface area is 147 Å². The van der Waals surface area contributed by atoms with Gasteiger partial charge in [0, 0.05) is 30.3 Å². The van der Waals surface area contributed by atoms with E-state index in [0.29, 0.717) is 24.9 Å². The number of thioether (sulfide) groups is 2. The van der Waals surface area contributed by atoms with Gasteiger partial charge in [-0.25, -0.2) is 17.2 Å². The monoisotopic (exact) mass is 394 g/mol. The quantitative estimate of drug-likeness (QED) is 0.780. The predicted octanol–water partition coefficient (Wildman–Crippen LogP) is 1.60. The number of hydrogen-bond acceptors (Lipinski definition) is 5. The van der Waals surface area contributed by atoms with Gasteiger partial charge in [0.1, 0.15) is 6.04 Å². The molecule has 1 amide bonds. The molecular formula is C14H16F2N2O3S3. The Morgan fingerprint density at radius 2 is 1.83 bits per heavy atom. The van der Waals surface area contributed by atoms with Crippen molar-refractivity contribution in [1.29, 1.82) is 0 Å². The first-order valence-electron chi connectivity index (χ1n) is 7.32. The van der Waals surface area contributed by atoms with E-state index >= 15 is 0 Å². The van der Waals surface area contributed by atoms with Gasteiger partial charge in [-0.2, -0.15) is 16.1 Å². The number of nitrogens with zero attached hydrogens (tertiary/aromatic N) is 2. The average Bonchev–Trinajstić information content (AvgIpc) is 3.08. The second kappa shape index (κ2) is 7.19. The van der Waals surface area contributed by atoms with Gasteiger partial charge in [0.15, 0.2) is 11.6 Å². The molecule has 0 spiro atoms. The molecule has 0 bridgehead atoms. The fourth-order valence-electron chi connectivity index (χ4n) is 2.63. The SMILES string of the molecule is O=C(C1CSCN1S(=O)(=O)c1ccc(F)c(F)c1)N1CCSCC1. The highest BCUT2D eigenvalue weighted by atomic mass is 32.2. The van der Waals surface area contributed by atoms with E-state index < -0.39 is 27.7 Å². The van der Waals surface area contributed by atoms with Crippen LogP contribution in [0.15, 0.2) is 23.1 Å². The van der Waals surface area contributed by atoms with Crippen LogP contribution in [0.5, 0.6) is 0 Å². The van der Waals surface area contributed by atoms with Crippen molar-refractivity contribution in [3.8, 4) is 0 Å². The summed E-state index contributed by atoms with van der Waals surface area (Å²) in [6.45, 7) is 1.20. The molecular weight excluding hydrogens is 378 g/mol. The maximum absolute atomic E-state index is 13.4. The minimum atomic E-state index is -4.06. The van der Waals surface area contributed by atoms with Crippen molar-refractivity contribution in [1.82, 2.24) is 9.21 Å². The van der Waals surface area contributed by atoms with Crippen molar-refractivity contribution in [2.45, 2.75) is 10.9 Å². The molecule has 0 aromatic heterocycles. The highest BCUT2D eigenvalue weighted by molar-refractivity contribution is 8.00. The molecule has 1 unspecified atom stereocenters. The summed E-state index contributed by atoms with van der Waals surface area (Å²) < 4.78 is 53.0. The van der Waals surface area contributed by atoms with E-state index in [1.54, 1.807) is 16.7 Å². The van der Waals surface area contributed by atoms with Crippen LogP contribution in [-0.4, -0.2) is 65.8 Å². The van der Waals surface area contributed by atoms with Crippen LogP contribution in [0.3, 0.4) is 0 Å². The molecule has 3 rings (SSSR count). The lowest BCUT2D eigenvalue weighted by Gasteiger charge is -2.31. The second-order valence-electron chi connectivity index (χ2n) is 5.42. The first-order chi connectivity index (χ1) is 11.4. The Hall–Kier alpha value is -0.840. The summed E-state index contributed by atoms with van der Waals surface area (Å²) in [7, 11) is -4.06. The van der Waals surface area contributed by atoms with Crippen LogP contribution in [0.25, 0.3) is 0 Å². The Bertz CT molecular complexity index is 739. The molecule has 24 heavy (non-hydrogen) atoms. The molecule has 2 saturated heterocycles. The van der Waals surface area contributed by atoms with Crippen LogP contribution in [0.1, 0.15) is 0 Å². The van der Waals surface area contributed by atoms with Crippen molar-refractivity contribution in [2.75, 3.05) is 36.2 Å². The van der Waals surface area contributed by atoms with Gasteiger partial charge in [-0.15, -0.1) is 11.8 Å². The van der Waals surface area contributed by atoms with Crippen molar-refractivity contribution in [3.05, 3.63) is 29.8 Å². The molecule has 0 N–H and O–H groups in total. The van der Waals surface area contributed by atoms with Gasteiger partial charge in [0.2, 0.25) is 15.9 Å². The Kier molecular flexibility index (Phi) is 5.38. The summed E-state index contributed by atoms with van der Waals surface area (Å²) in [5, 5.41) is 0. The summed E-state index contributed by atoms with van der Waals surface area (Å²) in [6, 6.07) is 1.67. The maximum atomic E-state index is 13.4. The van der Waals surface area contributed by atoms with Gasteiger partial charge in [-0.1, -0.05) is 0 Å². The summed E-state index contributed by atoms with van der Waals surface area (Å²) in [5.41, 5.74) is 0. The Morgan fingerprint density at radius 3 is 2.50 bits per heavy atom. The highest BCUT2D eigenvalue weighted by Gasteiger charge is 2.42. The van der Waals surface area contributed by atoms with Gasteiger partial charge in [0.05, 0.1) is 10.8 Å². The van der Waals surface area contributed by atoms with E-state index in [1.807, 2.05) is 0 Å². The van der Waals surface area contributed by atoms with E-state index in [0.717, 1.165) is 27.9 Å². The van der Waals surface area contributed by atoms with Crippen LogP contribution in [0.4, 0.5) is 8.78 Å². The predicted molar refractivity (Wildman–Crippen MR) is 90.4 cm³/mol. The van der Waals surface area contributed by atoms with E-state index in [9.17, 15) is 22.0 Å². The van der Waals surface area contributed by atoms with Crippen molar-refractivity contribution < 1.29 is 22.0 Å². The molecule has 0 radical (unpaired) electrons. The van der Waals surface area contributed by atoms with Crippen LogP contribution in [0.2, 0.25) is 0 Å². The minimum absolute atomic E-state index is 0.125. The molecule has 0 saturated carbocycles. The standard InChI is InChI=1S/C14H16F2N2O3S3/c15-11-2-1-10(7-12(11)16)24(20,21)18-9-23-8-13(18)14(19)17-3-5-22-6-4-17/h1-2,7,13H,3-6,8-9H2. The zero-order chi connectivity index (χ0) is 17.3. The number of rotatable bonds is 3. The average molecular weight is 394 g/mol. The van der Waals surface area contributed by atoms with Crippen molar-refractivity contribution >= 4 is 39.5 Å². The molecule has 2 aliphatic rings. The lowest BCUT2D eigenvalue weighted by Crippen LogP contribution is -2.51. The van der Waals surface area contributed by atoms with Crippen LogP contribution >= 0.6 is 23.5 Å². The number of halogens is 2. The van der Waals surface area contributed by atoms with Crippen molar-refractivity contribution in [2.24, 2.45) is 0 Å².